The summed E-state index contributed by atoms with van der Waals surface area (Å²) in [5.41, 5.74) is 2.64. The van der Waals surface area contributed by atoms with E-state index in [2.05, 4.69) is 17.9 Å². The number of hydrogen-bond donors (Lipinski definition) is 1. The number of hydrogen-bond acceptors (Lipinski definition) is 2. The molecule has 0 radical (unpaired) electrons. The van der Waals surface area contributed by atoms with E-state index in [1.807, 2.05) is 12.1 Å². The Balaban J connectivity index is 1.94. The number of benzene rings is 1. The minimum Gasteiger partial charge on any atom is -0.508 e. The maximum Gasteiger partial charge on any atom is 0.119 e. The Morgan fingerprint density at radius 1 is 1.33 bits per heavy atom. The molecule has 1 N–H and O–H groups in total. The van der Waals surface area contributed by atoms with Gasteiger partial charge in [-0.3, -0.25) is 4.90 Å². The van der Waals surface area contributed by atoms with Crippen molar-refractivity contribution in [1.82, 2.24) is 4.90 Å². The van der Waals surface area contributed by atoms with Gasteiger partial charge in [0.05, 0.1) is 0 Å². The fourth-order valence-electron chi connectivity index (χ4n) is 3.96. The van der Waals surface area contributed by atoms with Gasteiger partial charge in [0.25, 0.3) is 0 Å². The third-order valence-electron chi connectivity index (χ3n) is 4.66. The predicted molar refractivity (Wildman–Crippen MR) is 74.1 cm³/mol. The fraction of sp³-hybridized carbons (Fsp3) is 0.625. The van der Waals surface area contributed by atoms with Crippen molar-refractivity contribution in [3.63, 3.8) is 0 Å². The lowest BCUT2D eigenvalue weighted by molar-refractivity contribution is 0.111. The second-order valence-electron chi connectivity index (χ2n) is 5.74. The van der Waals surface area contributed by atoms with Gasteiger partial charge in [0, 0.05) is 17.5 Å². The normalized spacial score (nSPS) is 27.6. The summed E-state index contributed by atoms with van der Waals surface area (Å²) in [5, 5.41) is 10.2. The standard InChI is InChI=1S/C16H23NO/c1-2-10-17-11-4-6-13-14(17)9-8-12-5-3-7-15(18)16(12)13/h3,5,7,13-14,18H,2,4,6,8-11H2,1H3/t13-,14-/m1/s1. The number of fused-ring (bicyclic) bond motifs is 3. The van der Waals surface area contributed by atoms with Crippen molar-refractivity contribution < 1.29 is 5.11 Å². The van der Waals surface area contributed by atoms with E-state index in [9.17, 15) is 5.11 Å². The number of phenolic OH excluding ortho intramolecular Hbond substituents is 1. The van der Waals surface area contributed by atoms with Crippen LogP contribution >= 0.6 is 0 Å². The highest BCUT2D eigenvalue weighted by atomic mass is 16.3. The molecule has 1 fully saturated rings. The van der Waals surface area contributed by atoms with Crippen LogP contribution in [0.15, 0.2) is 18.2 Å². The summed E-state index contributed by atoms with van der Waals surface area (Å²) in [5.74, 6) is 1.09. The van der Waals surface area contributed by atoms with E-state index >= 15 is 0 Å². The zero-order valence-electron chi connectivity index (χ0n) is 11.2. The first-order valence-electron chi connectivity index (χ1n) is 7.36. The van der Waals surface area contributed by atoms with Crippen LogP contribution in [0.5, 0.6) is 5.75 Å². The van der Waals surface area contributed by atoms with Crippen molar-refractivity contribution >= 4 is 0 Å². The SMILES string of the molecule is CCCN1CCC[C@H]2c3c(O)cccc3CC[C@H]21. The third kappa shape index (κ3) is 1.93. The minimum absolute atomic E-state index is 0.528. The van der Waals surface area contributed by atoms with Gasteiger partial charge in [-0.25, -0.2) is 0 Å². The first-order valence-corrected chi connectivity index (χ1v) is 7.36. The van der Waals surface area contributed by atoms with E-state index in [1.165, 1.54) is 49.9 Å². The molecule has 1 heterocycles. The monoisotopic (exact) mass is 245 g/mol. The van der Waals surface area contributed by atoms with Crippen LogP contribution in [0.25, 0.3) is 0 Å². The molecule has 0 amide bonds. The van der Waals surface area contributed by atoms with Gasteiger partial charge >= 0.3 is 0 Å². The molecule has 1 aliphatic heterocycles. The molecule has 18 heavy (non-hydrogen) atoms. The van der Waals surface area contributed by atoms with Gasteiger partial charge in [-0.05, 0) is 56.8 Å². The van der Waals surface area contributed by atoms with Crippen LogP contribution in [0, 0.1) is 0 Å². The summed E-state index contributed by atoms with van der Waals surface area (Å²) < 4.78 is 0. The van der Waals surface area contributed by atoms with Crippen LogP contribution in [0.3, 0.4) is 0 Å². The van der Waals surface area contributed by atoms with E-state index < -0.39 is 0 Å². The number of aryl methyl sites for hydroxylation is 1. The lowest BCUT2D eigenvalue weighted by Crippen LogP contribution is -2.46. The molecule has 98 valence electrons. The minimum atomic E-state index is 0.528. The van der Waals surface area contributed by atoms with E-state index in [4.69, 9.17) is 0 Å². The summed E-state index contributed by atoms with van der Waals surface area (Å²) in [7, 11) is 0. The molecule has 1 aliphatic carbocycles. The first-order chi connectivity index (χ1) is 8.81. The van der Waals surface area contributed by atoms with Crippen LogP contribution in [-0.2, 0) is 6.42 Å². The topological polar surface area (TPSA) is 23.5 Å². The average Bonchev–Trinajstić information content (AvgIpc) is 2.39. The maximum atomic E-state index is 10.2. The number of piperidine rings is 1. The molecular formula is C16H23NO. The lowest BCUT2D eigenvalue weighted by atomic mass is 9.74. The second-order valence-corrected chi connectivity index (χ2v) is 5.74. The summed E-state index contributed by atoms with van der Waals surface area (Å²) in [4.78, 5) is 2.66. The quantitative estimate of drug-likeness (QED) is 0.864. The molecule has 0 unspecified atom stereocenters. The van der Waals surface area contributed by atoms with Gasteiger partial charge in [0.1, 0.15) is 5.75 Å². The number of rotatable bonds is 2. The number of nitrogens with zero attached hydrogens (tertiary/aromatic N) is 1. The summed E-state index contributed by atoms with van der Waals surface area (Å²) in [6.45, 7) is 4.72. The molecule has 1 aromatic carbocycles. The average molecular weight is 245 g/mol. The Morgan fingerprint density at radius 2 is 2.22 bits per heavy atom. The van der Waals surface area contributed by atoms with Crippen molar-refractivity contribution in [3.05, 3.63) is 29.3 Å². The van der Waals surface area contributed by atoms with Gasteiger partial charge in [-0.15, -0.1) is 0 Å². The van der Waals surface area contributed by atoms with Crippen molar-refractivity contribution in [2.75, 3.05) is 13.1 Å². The fourth-order valence-corrected chi connectivity index (χ4v) is 3.96. The van der Waals surface area contributed by atoms with Crippen LogP contribution < -0.4 is 0 Å². The molecule has 0 spiro atoms. The molecule has 2 aliphatic rings. The molecular weight excluding hydrogens is 222 g/mol. The summed E-state index contributed by atoms with van der Waals surface area (Å²) >= 11 is 0. The van der Waals surface area contributed by atoms with Crippen molar-refractivity contribution in [2.45, 2.75) is 51.0 Å². The van der Waals surface area contributed by atoms with Gasteiger partial charge in [-0.2, -0.15) is 0 Å². The maximum absolute atomic E-state index is 10.2. The van der Waals surface area contributed by atoms with Crippen LogP contribution in [-0.4, -0.2) is 29.1 Å². The molecule has 2 nitrogen and oxygen atoms in total. The van der Waals surface area contributed by atoms with E-state index in [1.54, 1.807) is 0 Å². The number of phenols is 1. The van der Waals surface area contributed by atoms with Crippen LogP contribution in [0.4, 0.5) is 0 Å². The molecule has 0 bridgehead atoms. The third-order valence-corrected chi connectivity index (χ3v) is 4.66. The largest absolute Gasteiger partial charge is 0.508 e. The molecule has 0 aromatic heterocycles. The molecule has 2 heteroatoms. The van der Waals surface area contributed by atoms with Gasteiger partial charge in [0.15, 0.2) is 0 Å². The zero-order valence-corrected chi connectivity index (χ0v) is 11.2. The van der Waals surface area contributed by atoms with Crippen molar-refractivity contribution in [2.24, 2.45) is 0 Å². The van der Waals surface area contributed by atoms with Crippen molar-refractivity contribution in [1.29, 1.82) is 0 Å². The van der Waals surface area contributed by atoms with Gasteiger partial charge in [0.2, 0.25) is 0 Å². The summed E-state index contributed by atoms with van der Waals surface area (Å²) in [6, 6.07) is 6.71. The Kier molecular flexibility index (Phi) is 3.29. The second kappa shape index (κ2) is 4.93. The zero-order chi connectivity index (χ0) is 12.5. The van der Waals surface area contributed by atoms with Crippen molar-refractivity contribution in [3.8, 4) is 5.75 Å². The van der Waals surface area contributed by atoms with Gasteiger partial charge < -0.3 is 5.11 Å². The Hall–Kier alpha value is -1.02. The van der Waals surface area contributed by atoms with Crippen LogP contribution in [0.2, 0.25) is 0 Å². The smallest absolute Gasteiger partial charge is 0.119 e. The van der Waals surface area contributed by atoms with Gasteiger partial charge in [-0.1, -0.05) is 19.1 Å². The number of likely N-dealkylation sites (tertiary alicyclic amines) is 1. The highest BCUT2D eigenvalue weighted by molar-refractivity contribution is 5.44. The Labute approximate surface area is 110 Å². The number of aromatic hydroxyl groups is 1. The lowest BCUT2D eigenvalue weighted by Gasteiger charge is -2.45. The molecule has 2 atom stereocenters. The highest BCUT2D eigenvalue weighted by Gasteiger charge is 2.37. The van der Waals surface area contributed by atoms with E-state index in [0.29, 0.717) is 17.7 Å². The molecule has 0 saturated carbocycles. The van der Waals surface area contributed by atoms with Crippen LogP contribution in [0.1, 0.15) is 49.7 Å². The Bertz CT molecular complexity index is 427. The summed E-state index contributed by atoms with van der Waals surface area (Å²) in [6.07, 6.45) is 6.15. The van der Waals surface area contributed by atoms with E-state index in [0.717, 1.165) is 6.42 Å². The molecule has 3 rings (SSSR count). The molecule has 1 aromatic rings. The highest BCUT2D eigenvalue weighted by Crippen LogP contribution is 2.44. The predicted octanol–water partition coefficient (Wildman–Crippen LogP) is 3.30. The Morgan fingerprint density at radius 3 is 3.06 bits per heavy atom. The molecule has 1 saturated heterocycles. The first kappa shape index (κ1) is 12.0. The van der Waals surface area contributed by atoms with E-state index in [-0.39, 0.29) is 0 Å².